The Morgan fingerprint density at radius 2 is 2.15 bits per heavy atom. The van der Waals surface area contributed by atoms with Crippen molar-refractivity contribution in [3.63, 3.8) is 0 Å². The summed E-state index contributed by atoms with van der Waals surface area (Å²) in [5.74, 6) is -1.30. The molecule has 2 nitrogen and oxygen atoms in total. The van der Waals surface area contributed by atoms with Gasteiger partial charge in [-0.3, -0.25) is 0 Å². The number of hydrogen-bond donors (Lipinski definition) is 1. The molecule has 1 aromatic carbocycles. The first kappa shape index (κ1) is 8.23. The van der Waals surface area contributed by atoms with E-state index in [4.69, 9.17) is 5.11 Å². The van der Waals surface area contributed by atoms with Crippen LogP contribution in [0.1, 0.15) is 34.7 Å². The monoisotopic (exact) mass is 180 g/mol. The Morgan fingerprint density at radius 1 is 1.46 bits per heavy atom. The zero-order valence-electron chi connectivity index (χ0n) is 6.96. The fraction of sp³-hybridized carbons (Fsp3) is 0.300. The first-order valence-electron chi connectivity index (χ1n) is 4.22. The van der Waals surface area contributed by atoms with Crippen LogP contribution in [0.5, 0.6) is 0 Å². The van der Waals surface area contributed by atoms with Crippen LogP contribution in [-0.4, -0.2) is 11.1 Å². The van der Waals surface area contributed by atoms with Crippen molar-refractivity contribution in [1.82, 2.24) is 0 Å². The minimum absolute atomic E-state index is 0.113. The van der Waals surface area contributed by atoms with E-state index in [-0.39, 0.29) is 17.3 Å². The summed E-state index contributed by atoms with van der Waals surface area (Å²) in [7, 11) is 0. The highest BCUT2D eigenvalue weighted by Crippen LogP contribution is 2.42. The Hall–Kier alpha value is -1.38. The number of carbonyl (C=O) groups is 1. The van der Waals surface area contributed by atoms with Gasteiger partial charge >= 0.3 is 5.97 Å². The summed E-state index contributed by atoms with van der Waals surface area (Å²) < 4.78 is 13.2. The number of carboxylic acid groups (broad SMARTS) is 1. The normalized spacial score (nSPS) is 15.8. The Morgan fingerprint density at radius 3 is 2.69 bits per heavy atom. The molecule has 68 valence electrons. The van der Waals surface area contributed by atoms with E-state index in [0.717, 1.165) is 12.8 Å². The van der Waals surface area contributed by atoms with Gasteiger partial charge in [-0.05, 0) is 30.9 Å². The molecular formula is C10H9FO2. The van der Waals surface area contributed by atoms with E-state index < -0.39 is 5.97 Å². The molecule has 0 aromatic heterocycles. The molecule has 0 aliphatic heterocycles. The van der Waals surface area contributed by atoms with Gasteiger partial charge in [-0.25, -0.2) is 9.18 Å². The molecule has 3 heteroatoms. The Kier molecular flexibility index (Phi) is 1.79. The summed E-state index contributed by atoms with van der Waals surface area (Å²) >= 11 is 0. The smallest absolute Gasteiger partial charge is 0.336 e. The first-order valence-corrected chi connectivity index (χ1v) is 4.22. The first-order chi connectivity index (χ1) is 6.20. The van der Waals surface area contributed by atoms with E-state index in [1.807, 2.05) is 0 Å². The Balaban J connectivity index is 2.53. The summed E-state index contributed by atoms with van der Waals surface area (Å²) in [5, 5.41) is 8.80. The third kappa shape index (κ3) is 1.41. The largest absolute Gasteiger partial charge is 0.478 e. The maximum absolute atomic E-state index is 13.2. The molecule has 0 atom stereocenters. The highest BCUT2D eigenvalue weighted by Gasteiger charge is 2.30. The lowest BCUT2D eigenvalue weighted by atomic mass is 10.0. The van der Waals surface area contributed by atoms with Gasteiger partial charge in [-0.2, -0.15) is 0 Å². The average Bonchev–Trinajstić information content (AvgIpc) is 2.86. The number of carboxylic acids is 1. The minimum atomic E-state index is -1.04. The molecule has 1 saturated carbocycles. The van der Waals surface area contributed by atoms with Gasteiger partial charge in [0.05, 0.1) is 5.56 Å². The van der Waals surface area contributed by atoms with Crippen molar-refractivity contribution >= 4 is 5.97 Å². The van der Waals surface area contributed by atoms with Crippen LogP contribution < -0.4 is 0 Å². The highest BCUT2D eigenvalue weighted by atomic mass is 19.1. The molecule has 1 aliphatic carbocycles. The summed E-state index contributed by atoms with van der Waals surface area (Å²) in [4.78, 5) is 10.7. The van der Waals surface area contributed by atoms with E-state index >= 15 is 0 Å². The van der Waals surface area contributed by atoms with Crippen molar-refractivity contribution in [2.45, 2.75) is 18.8 Å². The van der Waals surface area contributed by atoms with Crippen LogP contribution in [0.15, 0.2) is 18.2 Å². The van der Waals surface area contributed by atoms with E-state index in [1.54, 1.807) is 0 Å². The lowest BCUT2D eigenvalue weighted by molar-refractivity contribution is 0.0695. The van der Waals surface area contributed by atoms with E-state index in [0.29, 0.717) is 5.56 Å². The van der Waals surface area contributed by atoms with Gasteiger partial charge in [0.25, 0.3) is 0 Å². The molecular weight excluding hydrogens is 171 g/mol. The van der Waals surface area contributed by atoms with Crippen LogP contribution in [0, 0.1) is 5.82 Å². The van der Waals surface area contributed by atoms with Gasteiger partial charge < -0.3 is 5.11 Å². The third-order valence-electron chi connectivity index (χ3n) is 2.27. The molecule has 2 rings (SSSR count). The predicted octanol–water partition coefficient (Wildman–Crippen LogP) is 2.40. The topological polar surface area (TPSA) is 37.3 Å². The van der Waals surface area contributed by atoms with Gasteiger partial charge in [-0.15, -0.1) is 0 Å². The maximum Gasteiger partial charge on any atom is 0.336 e. The molecule has 1 aromatic rings. The van der Waals surface area contributed by atoms with Crippen molar-refractivity contribution in [3.8, 4) is 0 Å². The number of aromatic carboxylic acids is 1. The second-order valence-electron chi connectivity index (χ2n) is 3.28. The standard InChI is InChI=1S/C10H9FO2/c11-8-3-1-2-7(10(12)13)9(8)6-4-5-6/h1-3,6H,4-5H2,(H,12,13). The fourth-order valence-corrected chi connectivity index (χ4v) is 1.51. The maximum atomic E-state index is 13.2. The van der Waals surface area contributed by atoms with Crippen molar-refractivity contribution in [3.05, 3.63) is 35.1 Å². The molecule has 13 heavy (non-hydrogen) atoms. The number of hydrogen-bond acceptors (Lipinski definition) is 1. The lowest BCUT2D eigenvalue weighted by Gasteiger charge is -2.04. The van der Waals surface area contributed by atoms with Gasteiger partial charge in [0.15, 0.2) is 0 Å². The van der Waals surface area contributed by atoms with Crippen LogP contribution >= 0.6 is 0 Å². The molecule has 0 amide bonds. The van der Waals surface area contributed by atoms with Crippen molar-refractivity contribution in [2.24, 2.45) is 0 Å². The molecule has 1 aliphatic rings. The third-order valence-corrected chi connectivity index (χ3v) is 2.27. The second kappa shape index (κ2) is 2.83. The minimum Gasteiger partial charge on any atom is -0.478 e. The van der Waals surface area contributed by atoms with Crippen LogP contribution in [0.25, 0.3) is 0 Å². The van der Waals surface area contributed by atoms with Crippen LogP contribution in [-0.2, 0) is 0 Å². The molecule has 0 heterocycles. The molecule has 0 unspecified atom stereocenters. The zero-order chi connectivity index (χ0) is 9.42. The van der Waals surface area contributed by atoms with E-state index in [9.17, 15) is 9.18 Å². The van der Waals surface area contributed by atoms with Crippen LogP contribution in [0.3, 0.4) is 0 Å². The van der Waals surface area contributed by atoms with Gasteiger partial charge in [-0.1, -0.05) is 6.07 Å². The second-order valence-corrected chi connectivity index (χ2v) is 3.28. The molecule has 1 N–H and O–H groups in total. The highest BCUT2D eigenvalue weighted by molar-refractivity contribution is 5.89. The predicted molar refractivity (Wildman–Crippen MR) is 45.3 cm³/mol. The molecule has 0 bridgehead atoms. The summed E-state index contributed by atoms with van der Waals surface area (Å²) in [6.07, 6.45) is 1.81. The molecule has 0 saturated heterocycles. The number of rotatable bonds is 2. The number of benzene rings is 1. The van der Waals surface area contributed by atoms with Crippen molar-refractivity contribution in [1.29, 1.82) is 0 Å². The fourth-order valence-electron chi connectivity index (χ4n) is 1.51. The van der Waals surface area contributed by atoms with Crippen LogP contribution in [0.2, 0.25) is 0 Å². The Bertz CT molecular complexity index is 356. The van der Waals surface area contributed by atoms with Gasteiger partial charge in [0, 0.05) is 5.56 Å². The van der Waals surface area contributed by atoms with Gasteiger partial charge in [0.1, 0.15) is 5.82 Å². The summed E-state index contributed by atoms with van der Waals surface area (Å²) in [6, 6.07) is 4.21. The lowest BCUT2D eigenvalue weighted by Crippen LogP contribution is -2.03. The van der Waals surface area contributed by atoms with Crippen LogP contribution in [0.4, 0.5) is 4.39 Å². The molecule has 0 spiro atoms. The van der Waals surface area contributed by atoms with E-state index in [1.165, 1.54) is 18.2 Å². The average molecular weight is 180 g/mol. The molecule has 1 fully saturated rings. The summed E-state index contributed by atoms with van der Waals surface area (Å²) in [5.41, 5.74) is 0.498. The van der Waals surface area contributed by atoms with E-state index in [2.05, 4.69) is 0 Å². The van der Waals surface area contributed by atoms with Crippen molar-refractivity contribution < 1.29 is 14.3 Å². The quantitative estimate of drug-likeness (QED) is 0.758. The Labute approximate surface area is 75.0 Å². The molecule has 0 radical (unpaired) electrons. The van der Waals surface area contributed by atoms with Gasteiger partial charge in [0.2, 0.25) is 0 Å². The summed E-state index contributed by atoms with van der Waals surface area (Å²) in [6.45, 7) is 0. The van der Waals surface area contributed by atoms with Crippen molar-refractivity contribution in [2.75, 3.05) is 0 Å². The number of halogens is 1. The zero-order valence-corrected chi connectivity index (χ0v) is 6.96. The SMILES string of the molecule is O=C(O)c1cccc(F)c1C1CC1.